The summed E-state index contributed by atoms with van der Waals surface area (Å²) in [6.45, 7) is 11.4. The molecule has 1 heterocycles. The number of carbonyl (C=O) groups is 1. The largest absolute Gasteiger partial charge is 0.350 e. The van der Waals surface area contributed by atoms with Gasteiger partial charge in [-0.3, -0.25) is 9.59 Å². The van der Waals surface area contributed by atoms with Crippen molar-refractivity contribution in [2.75, 3.05) is 6.54 Å². The highest BCUT2D eigenvalue weighted by atomic mass is 16.2. The van der Waals surface area contributed by atoms with Gasteiger partial charge in [0.25, 0.3) is 11.5 Å². The number of aromatic amines is 1. The number of aromatic nitrogens is 2. The maximum Gasteiger partial charge on any atom is 0.264 e. The van der Waals surface area contributed by atoms with E-state index in [1.54, 1.807) is 20.8 Å². The van der Waals surface area contributed by atoms with E-state index in [1.807, 2.05) is 20.8 Å². The summed E-state index contributed by atoms with van der Waals surface area (Å²) in [5.41, 5.74) is 5.04. The second-order valence-corrected chi connectivity index (χ2v) is 6.80. The Balaban J connectivity index is 3.09. The minimum Gasteiger partial charge on any atom is -0.350 e. The number of nitrogens with zero attached hydrogens (tertiary/aromatic N) is 1. The zero-order chi connectivity index (χ0) is 15.7. The number of rotatable bonds is 3. The lowest BCUT2D eigenvalue weighted by atomic mass is 9.95. The second kappa shape index (κ2) is 5.36. The highest BCUT2D eigenvalue weighted by Crippen LogP contribution is 2.17. The van der Waals surface area contributed by atoms with Crippen LogP contribution in [0, 0.1) is 6.92 Å². The van der Waals surface area contributed by atoms with E-state index >= 15 is 0 Å². The predicted octanol–water partition coefficient (Wildman–Crippen LogP) is 0.843. The summed E-state index contributed by atoms with van der Waals surface area (Å²) in [6, 6.07) is 0. The summed E-state index contributed by atoms with van der Waals surface area (Å²) in [5, 5.41) is 2.65. The molecule has 0 unspecified atom stereocenters. The quantitative estimate of drug-likeness (QED) is 0.763. The van der Waals surface area contributed by atoms with E-state index in [0.29, 0.717) is 11.5 Å². The molecule has 1 amide bonds. The molecule has 112 valence electrons. The molecule has 0 aromatic carbocycles. The summed E-state index contributed by atoms with van der Waals surface area (Å²) in [4.78, 5) is 31.2. The van der Waals surface area contributed by atoms with Crippen molar-refractivity contribution >= 4 is 5.91 Å². The number of hydrogen-bond acceptors (Lipinski definition) is 4. The number of amides is 1. The van der Waals surface area contributed by atoms with Gasteiger partial charge in [-0.2, -0.15) is 0 Å². The Bertz CT molecular complexity index is 562. The molecular formula is C14H24N4O2. The summed E-state index contributed by atoms with van der Waals surface area (Å²) in [6.07, 6.45) is 0. The van der Waals surface area contributed by atoms with E-state index in [-0.39, 0.29) is 17.5 Å². The Hall–Kier alpha value is -1.69. The molecule has 1 aromatic heterocycles. The topological polar surface area (TPSA) is 101 Å². The first-order valence-electron chi connectivity index (χ1n) is 6.60. The molecule has 0 aliphatic heterocycles. The van der Waals surface area contributed by atoms with Crippen molar-refractivity contribution in [2.24, 2.45) is 5.73 Å². The van der Waals surface area contributed by atoms with Crippen molar-refractivity contribution < 1.29 is 4.79 Å². The maximum atomic E-state index is 12.1. The molecule has 0 atom stereocenters. The third-order valence-electron chi connectivity index (χ3n) is 2.74. The van der Waals surface area contributed by atoms with E-state index in [1.165, 1.54) is 0 Å². The molecule has 0 radical (unpaired) electrons. The van der Waals surface area contributed by atoms with Crippen LogP contribution in [0.15, 0.2) is 4.79 Å². The molecule has 20 heavy (non-hydrogen) atoms. The smallest absolute Gasteiger partial charge is 0.264 e. The molecule has 0 bridgehead atoms. The van der Waals surface area contributed by atoms with Gasteiger partial charge in [0.15, 0.2) is 0 Å². The fraction of sp³-hybridized carbons (Fsp3) is 0.643. The molecular weight excluding hydrogens is 256 g/mol. The van der Waals surface area contributed by atoms with E-state index in [9.17, 15) is 9.59 Å². The molecule has 0 aliphatic carbocycles. The Morgan fingerprint density at radius 1 is 1.30 bits per heavy atom. The van der Waals surface area contributed by atoms with Crippen LogP contribution >= 0.6 is 0 Å². The molecule has 4 N–H and O–H groups in total. The SMILES string of the molecule is Cc1nc(C(C)(C)C)[nH]c(=O)c1C(=O)NCC(C)(C)N. The van der Waals surface area contributed by atoms with Crippen molar-refractivity contribution in [3.05, 3.63) is 27.4 Å². The van der Waals surface area contributed by atoms with Gasteiger partial charge in [-0.1, -0.05) is 20.8 Å². The fourth-order valence-corrected chi connectivity index (χ4v) is 1.60. The van der Waals surface area contributed by atoms with Crippen molar-refractivity contribution in [3.8, 4) is 0 Å². The summed E-state index contributed by atoms with van der Waals surface area (Å²) in [7, 11) is 0. The van der Waals surface area contributed by atoms with Gasteiger partial charge in [-0.25, -0.2) is 4.98 Å². The highest BCUT2D eigenvalue weighted by Gasteiger charge is 2.22. The van der Waals surface area contributed by atoms with Gasteiger partial charge in [0.1, 0.15) is 11.4 Å². The lowest BCUT2D eigenvalue weighted by Gasteiger charge is -2.20. The molecule has 0 aliphatic rings. The summed E-state index contributed by atoms with van der Waals surface area (Å²) in [5.74, 6) is 0.117. The molecule has 1 aromatic rings. The van der Waals surface area contributed by atoms with Crippen LogP contribution in [-0.4, -0.2) is 28.0 Å². The number of hydrogen-bond donors (Lipinski definition) is 3. The number of carbonyl (C=O) groups excluding carboxylic acids is 1. The first kappa shape index (κ1) is 16.4. The third-order valence-corrected chi connectivity index (χ3v) is 2.74. The molecule has 0 saturated heterocycles. The molecule has 1 rings (SSSR count). The van der Waals surface area contributed by atoms with Gasteiger partial charge in [0, 0.05) is 17.5 Å². The van der Waals surface area contributed by atoms with Gasteiger partial charge in [-0.15, -0.1) is 0 Å². The zero-order valence-electron chi connectivity index (χ0n) is 13.0. The first-order valence-corrected chi connectivity index (χ1v) is 6.60. The maximum absolute atomic E-state index is 12.1. The Kier molecular flexibility index (Phi) is 4.39. The third kappa shape index (κ3) is 4.16. The molecule has 6 heteroatoms. The first-order chi connectivity index (χ1) is 8.92. The van der Waals surface area contributed by atoms with Crippen molar-refractivity contribution in [2.45, 2.75) is 52.5 Å². The fourth-order valence-electron chi connectivity index (χ4n) is 1.60. The van der Waals surface area contributed by atoms with Crippen LogP contribution in [0.1, 0.15) is 56.5 Å². The van der Waals surface area contributed by atoms with Crippen LogP contribution < -0.4 is 16.6 Å². The van der Waals surface area contributed by atoms with Gasteiger partial charge < -0.3 is 16.0 Å². The van der Waals surface area contributed by atoms with Crippen LogP contribution in [-0.2, 0) is 5.41 Å². The summed E-state index contributed by atoms with van der Waals surface area (Å²) >= 11 is 0. The lowest BCUT2D eigenvalue weighted by molar-refractivity contribution is 0.0943. The molecule has 0 saturated carbocycles. The van der Waals surface area contributed by atoms with Gasteiger partial charge >= 0.3 is 0 Å². The summed E-state index contributed by atoms with van der Waals surface area (Å²) < 4.78 is 0. The number of H-pyrrole nitrogens is 1. The monoisotopic (exact) mass is 280 g/mol. The second-order valence-electron chi connectivity index (χ2n) is 6.80. The van der Waals surface area contributed by atoms with Crippen LogP contribution in [0.5, 0.6) is 0 Å². The standard InChI is InChI=1S/C14H24N4O2/c1-8-9(10(19)16-7-14(5,6)15)11(20)18-12(17-8)13(2,3)4/h7,15H2,1-6H3,(H,16,19)(H,17,18,20). The van der Waals surface area contributed by atoms with E-state index in [4.69, 9.17) is 5.73 Å². The lowest BCUT2D eigenvalue weighted by Crippen LogP contribution is -2.46. The van der Waals surface area contributed by atoms with Crippen molar-refractivity contribution in [3.63, 3.8) is 0 Å². The number of nitrogens with two attached hydrogens (primary N) is 1. The highest BCUT2D eigenvalue weighted by molar-refractivity contribution is 5.94. The van der Waals surface area contributed by atoms with E-state index < -0.39 is 17.0 Å². The van der Waals surface area contributed by atoms with Crippen molar-refractivity contribution in [1.82, 2.24) is 15.3 Å². The van der Waals surface area contributed by atoms with Crippen LogP contribution in [0.25, 0.3) is 0 Å². The average Bonchev–Trinajstić information content (AvgIpc) is 2.23. The van der Waals surface area contributed by atoms with Crippen LogP contribution in [0.2, 0.25) is 0 Å². The van der Waals surface area contributed by atoms with E-state index in [0.717, 1.165) is 0 Å². The van der Waals surface area contributed by atoms with Crippen molar-refractivity contribution in [1.29, 1.82) is 0 Å². The minimum atomic E-state index is -0.533. The van der Waals surface area contributed by atoms with Crippen LogP contribution in [0.4, 0.5) is 0 Å². The van der Waals surface area contributed by atoms with Gasteiger partial charge in [0.2, 0.25) is 0 Å². The molecule has 0 fully saturated rings. The Morgan fingerprint density at radius 3 is 2.25 bits per heavy atom. The number of nitrogens with one attached hydrogen (secondary N) is 2. The normalized spacial score (nSPS) is 12.3. The minimum absolute atomic E-state index is 0.0438. The Labute approximate surface area is 119 Å². The molecule has 0 spiro atoms. The predicted molar refractivity (Wildman–Crippen MR) is 78.9 cm³/mol. The van der Waals surface area contributed by atoms with Gasteiger partial charge in [-0.05, 0) is 20.8 Å². The van der Waals surface area contributed by atoms with Gasteiger partial charge in [0.05, 0.1) is 5.69 Å². The molecule has 6 nitrogen and oxygen atoms in total. The zero-order valence-corrected chi connectivity index (χ0v) is 13.0. The van der Waals surface area contributed by atoms with Crippen LogP contribution in [0.3, 0.4) is 0 Å². The Morgan fingerprint density at radius 2 is 1.85 bits per heavy atom. The average molecular weight is 280 g/mol. The number of aryl methyl sites for hydroxylation is 1. The van der Waals surface area contributed by atoms with E-state index in [2.05, 4.69) is 15.3 Å².